The second-order valence-electron chi connectivity index (χ2n) is 2.70. The summed E-state index contributed by atoms with van der Waals surface area (Å²) in [5.74, 6) is -1.51. The van der Waals surface area contributed by atoms with E-state index in [1.807, 2.05) is 0 Å². The molecule has 1 heterocycles. The number of rotatable bonds is 0. The molecule has 0 saturated carbocycles. The first kappa shape index (κ1) is 8.84. The van der Waals surface area contributed by atoms with Gasteiger partial charge in [0.2, 0.25) is 0 Å². The van der Waals surface area contributed by atoms with Gasteiger partial charge in [-0.05, 0) is 18.2 Å². The van der Waals surface area contributed by atoms with Gasteiger partial charge >= 0.3 is 11.0 Å². The van der Waals surface area contributed by atoms with Crippen LogP contribution in [0.3, 0.4) is 0 Å². The van der Waals surface area contributed by atoms with Gasteiger partial charge in [0.1, 0.15) is 5.69 Å². The van der Waals surface area contributed by atoms with Crippen molar-refractivity contribution in [2.24, 2.45) is 0 Å². The lowest BCUT2D eigenvalue weighted by Crippen LogP contribution is -2.22. The molecule has 1 aromatic carbocycles. The van der Waals surface area contributed by atoms with E-state index in [9.17, 15) is 9.59 Å². The highest BCUT2D eigenvalue weighted by Crippen LogP contribution is 2.31. The van der Waals surface area contributed by atoms with E-state index in [4.69, 9.17) is 5.39 Å². The number of diazo groups is 1. The summed E-state index contributed by atoms with van der Waals surface area (Å²) in [6.07, 6.45) is 0. The lowest BCUT2D eigenvalue weighted by atomic mass is 10.1. The van der Waals surface area contributed by atoms with Crippen molar-refractivity contribution in [3.63, 3.8) is 0 Å². The lowest BCUT2D eigenvalue weighted by molar-refractivity contribution is -0.113. The van der Waals surface area contributed by atoms with Crippen LogP contribution in [0, 0.1) is 5.39 Å². The Morgan fingerprint density at radius 2 is 2.07 bits per heavy atom. The van der Waals surface area contributed by atoms with Crippen molar-refractivity contribution in [1.82, 2.24) is 0 Å². The Labute approximate surface area is 87.0 Å². The molecule has 0 aliphatic carbocycles. The summed E-state index contributed by atoms with van der Waals surface area (Å²) in [4.78, 5) is 22.5. The van der Waals surface area contributed by atoms with Crippen LogP contribution < -0.4 is 5.01 Å². The van der Waals surface area contributed by atoms with Gasteiger partial charge in [0, 0.05) is 4.47 Å². The summed E-state index contributed by atoms with van der Waals surface area (Å²) in [7, 11) is 0. The van der Waals surface area contributed by atoms with Crippen LogP contribution in [-0.4, -0.2) is 11.7 Å². The minimum absolute atomic E-state index is 0.238. The fourth-order valence-corrected chi connectivity index (χ4v) is 1.65. The van der Waals surface area contributed by atoms with Crippen LogP contribution in [0.2, 0.25) is 0 Å². The van der Waals surface area contributed by atoms with Crippen LogP contribution in [0.15, 0.2) is 22.7 Å². The summed E-state index contributed by atoms with van der Waals surface area (Å²) in [6.45, 7) is 0. The van der Waals surface area contributed by atoms with Gasteiger partial charge in [-0.15, -0.1) is 0 Å². The van der Waals surface area contributed by atoms with Gasteiger partial charge in [0.15, 0.2) is 0 Å². The van der Waals surface area contributed by atoms with Gasteiger partial charge in [-0.25, -0.2) is 0 Å². The van der Waals surface area contributed by atoms with E-state index in [2.05, 4.69) is 21.0 Å². The Hall–Kier alpha value is -1.74. The van der Waals surface area contributed by atoms with E-state index < -0.39 is 11.7 Å². The Morgan fingerprint density at radius 1 is 1.36 bits per heavy atom. The van der Waals surface area contributed by atoms with Crippen molar-refractivity contribution < 1.29 is 9.59 Å². The van der Waals surface area contributed by atoms with E-state index in [1.165, 1.54) is 12.1 Å². The normalized spacial score (nSPS) is 14.1. The van der Waals surface area contributed by atoms with Crippen molar-refractivity contribution >= 4 is 33.3 Å². The van der Waals surface area contributed by atoms with E-state index in [0.717, 1.165) is 0 Å². The SMILES string of the molecule is N#[N+]N1C(=O)C(=O)c2cc(Br)ccc21. The van der Waals surface area contributed by atoms with Crippen LogP contribution in [0.1, 0.15) is 10.4 Å². The largest absolute Gasteiger partial charge is 0.375 e. The molecule has 1 aliphatic heterocycles. The molecule has 1 aromatic rings. The van der Waals surface area contributed by atoms with Gasteiger partial charge in [-0.3, -0.25) is 9.59 Å². The molecule has 1 aliphatic rings. The second kappa shape index (κ2) is 2.89. The van der Waals surface area contributed by atoms with Crippen molar-refractivity contribution in [2.75, 3.05) is 5.01 Å². The molecule has 0 unspecified atom stereocenters. The molecule has 1 amide bonds. The zero-order chi connectivity index (χ0) is 10.3. The smallest absolute Gasteiger partial charge is 0.283 e. The highest BCUT2D eigenvalue weighted by Gasteiger charge is 2.44. The average Bonchev–Trinajstić information content (AvgIpc) is 2.41. The number of carbonyl (C=O) groups excluding carboxylic acids is 2. The third-order valence-electron chi connectivity index (χ3n) is 1.91. The van der Waals surface area contributed by atoms with Crippen LogP contribution >= 0.6 is 15.9 Å². The number of hydrogen-bond donors (Lipinski definition) is 0. The molecule has 2 rings (SSSR count). The molecule has 68 valence electrons. The third kappa shape index (κ3) is 1.03. The lowest BCUT2D eigenvalue weighted by Gasteiger charge is -1.93. The number of Topliss-reactive ketones (excluding diaryl/α,β-unsaturated/α-hetero) is 1. The van der Waals surface area contributed by atoms with Gasteiger partial charge < -0.3 is 0 Å². The average molecular weight is 253 g/mol. The number of hydrogen-bond acceptors (Lipinski definition) is 3. The van der Waals surface area contributed by atoms with Crippen molar-refractivity contribution in [1.29, 1.82) is 5.39 Å². The third-order valence-corrected chi connectivity index (χ3v) is 2.40. The van der Waals surface area contributed by atoms with Crippen molar-refractivity contribution in [3.05, 3.63) is 33.3 Å². The summed E-state index contributed by atoms with van der Waals surface area (Å²) >= 11 is 3.18. The standard InChI is InChI=1S/C8H3BrN3O2/c9-4-1-2-6-5(3-4)7(13)8(14)12(6)11-10/h1-3H/q+1. The first-order valence-corrected chi connectivity index (χ1v) is 4.48. The molecule has 14 heavy (non-hydrogen) atoms. The van der Waals surface area contributed by atoms with Crippen LogP contribution in [0.25, 0.3) is 5.08 Å². The molecule has 0 radical (unpaired) electrons. The number of ketones is 1. The molecule has 0 fully saturated rings. The minimum atomic E-state index is -0.847. The Morgan fingerprint density at radius 3 is 2.71 bits per heavy atom. The van der Waals surface area contributed by atoms with E-state index in [-0.39, 0.29) is 5.56 Å². The summed E-state index contributed by atoms with van der Waals surface area (Å²) in [6, 6.07) is 4.70. The Balaban J connectivity index is 2.69. The maximum absolute atomic E-state index is 11.3. The number of amides is 1. The van der Waals surface area contributed by atoms with Gasteiger partial charge in [0.05, 0.1) is 10.6 Å². The Kier molecular flexibility index (Phi) is 1.82. The topological polar surface area (TPSA) is 65.5 Å². The van der Waals surface area contributed by atoms with Crippen molar-refractivity contribution in [2.45, 2.75) is 0 Å². The van der Waals surface area contributed by atoms with Gasteiger partial charge in [0.25, 0.3) is 11.2 Å². The monoisotopic (exact) mass is 252 g/mol. The van der Waals surface area contributed by atoms with E-state index >= 15 is 0 Å². The van der Waals surface area contributed by atoms with E-state index in [1.54, 1.807) is 6.07 Å². The fourth-order valence-electron chi connectivity index (χ4n) is 1.28. The van der Waals surface area contributed by atoms with Crippen LogP contribution in [-0.2, 0) is 4.79 Å². The number of benzene rings is 1. The Bertz CT molecular complexity index is 492. The predicted octanol–water partition coefficient (Wildman–Crippen LogP) is 1.75. The number of carbonyl (C=O) groups is 2. The van der Waals surface area contributed by atoms with Gasteiger partial charge in [-0.2, -0.15) is 0 Å². The quantitative estimate of drug-likeness (QED) is 0.522. The molecule has 0 bridgehead atoms. The summed E-state index contributed by atoms with van der Waals surface area (Å²) in [5.41, 5.74) is 0.535. The number of halogens is 1. The van der Waals surface area contributed by atoms with E-state index in [0.29, 0.717) is 15.2 Å². The van der Waals surface area contributed by atoms with Crippen molar-refractivity contribution in [3.8, 4) is 0 Å². The van der Waals surface area contributed by atoms with Gasteiger partial charge in [-0.1, -0.05) is 15.9 Å². The fraction of sp³-hybridized carbons (Fsp3) is 0. The maximum Gasteiger partial charge on any atom is 0.375 e. The highest BCUT2D eigenvalue weighted by atomic mass is 79.9. The molecular weight excluding hydrogens is 250 g/mol. The molecule has 0 saturated heterocycles. The number of fused-ring (bicyclic) bond motifs is 1. The molecule has 0 N–H and O–H groups in total. The maximum atomic E-state index is 11.3. The summed E-state index contributed by atoms with van der Waals surface area (Å²) in [5, 5.41) is 11.9. The predicted molar refractivity (Wildman–Crippen MR) is 51.0 cm³/mol. The molecule has 5 nitrogen and oxygen atoms in total. The minimum Gasteiger partial charge on any atom is -0.283 e. The summed E-state index contributed by atoms with van der Waals surface area (Å²) < 4.78 is 0.692. The highest BCUT2D eigenvalue weighted by molar-refractivity contribution is 9.10. The number of anilines is 1. The zero-order valence-electron chi connectivity index (χ0n) is 6.77. The molecular formula is C8H3BrN3O2+. The first-order valence-electron chi connectivity index (χ1n) is 3.68. The van der Waals surface area contributed by atoms with Crippen LogP contribution in [0.5, 0.6) is 0 Å². The zero-order valence-corrected chi connectivity index (χ0v) is 8.35. The molecule has 6 heteroatoms. The molecule has 0 aromatic heterocycles. The second-order valence-corrected chi connectivity index (χ2v) is 3.61. The molecule has 0 spiro atoms. The first-order chi connectivity index (χ1) is 6.65. The van der Waals surface area contributed by atoms with Crippen LogP contribution in [0.4, 0.5) is 5.69 Å². The molecule has 0 atom stereocenters. The number of nitrogens with zero attached hydrogens (tertiary/aromatic N) is 3.